The van der Waals surface area contributed by atoms with Crippen LogP contribution < -0.4 is 11.1 Å². The van der Waals surface area contributed by atoms with E-state index in [1.54, 1.807) is 0 Å². The molecule has 4 N–H and O–H groups in total. The highest BCUT2D eigenvalue weighted by atomic mass is 16.3. The smallest absolute Gasteiger partial charge is 0.0719 e. The third kappa shape index (κ3) is 2.49. The number of anilines is 1. The van der Waals surface area contributed by atoms with Crippen LogP contribution in [0.1, 0.15) is 37.7 Å². The van der Waals surface area contributed by atoms with Crippen LogP contribution in [0.25, 0.3) is 0 Å². The quantitative estimate of drug-likeness (QED) is 0.762. The molecule has 4 heteroatoms. The standard InChI is InChI=1S/C14H23N3O/c1-3-9-6-10(7-12(15)14(9)18)11-4-5-17-8-13(11)16-2/h4-5,8-10,12,14,16,18H,3,6-7,15H2,1-2H3. The maximum absolute atomic E-state index is 10.1. The van der Waals surface area contributed by atoms with E-state index in [0.717, 1.165) is 24.9 Å². The molecule has 0 aromatic carbocycles. The average molecular weight is 249 g/mol. The van der Waals surface area contributed by atoms with Gasteiger partial charge in [-0.15, -0.1) is 0 Å². The van der Waals surface area contributed by atoms with Gasteiger partial charge in [0, 0.05) is 19.3 Å². The third-order valence-corrected chi connectivity index (χ3v) is 4.15. The molecule has 0 radical (unpaired) electrons. The van der Waals surface area contributed by atoms with Gasteiger partial charge in [-0.2, -0.15) is 0 Å². The van der Waals surface area contributed by atoms with Gasteiger partial charge >= 0.3 is 0 Å². The van der Waals surface area contributed by atoms with Crippen molar-refractivity contribution in [1.82, 2.24) is 4.98 Å². The largest absolute Gasteiger partial charge is 0.391 e. The van der Waals surface area contributed by atoms with Crippen molar-refractivity contribution in [3.8, 4) is 0 Å². The predicted octanol–water partition coefficient (Wildman–Crippen LogP) is 1.72. The minimum atomic E-state index is -0.355. The van der Waals surface area contributed by atoms with E-state index in [2.05, 4.69) is 23.3 Å². The van der Waals surface area contributed by atoms with Crippen LogP contribution in [0.2, 0.25) is 0 Å². The lowest BCUT2D eigenvalue weighted by Gasteiger charge is -2.38. The summed E-state index contributed by atoms with van der Waals surface area (Å²) < 4.78 is 0. The fourth-order valence-corrected chi connectivity index (χ4v) is 3.05. The van der Waals surface area contributed by atoms with Gasteiger partial charge in [0.2, 0.25) is 0 Å². The van der Waals surface area contributed by atoms with Crippen molar-refractivity contribution in [2.24, 2.45) is 11.7 Å². The van der Waals surface area contributed by atoms with E-state index in [-0.39, 0.29) is 12.1 Å². The maximum atomic E-state index is 10.1. The molecule has 4 atom stereocenters. The van der Waals surface area contributed by atoms with Gasteiger partial charge in [0.25, 0.3) is 0 Å². The minimum Gasteiger partial charge on any atom is -0.391 e. The molecule has 1 fully saturated rings. The van der Waals surface area contributed by atoms with E-state index in [1.165, 1.54) is 5.56 Å². The van der Waals surface area contributed by atoms with Gasteiger partial charge in [-0.1, -0.05) is 13.3 Å². The summed E-state index contributed by atoms with van der Waals surface area (Å²) in [5, 5.41) is 13.3. The first-order valence-corrected chi connectivity index (χ1v) is 6.72. The lowest BCUT2D eigenvalue weighted by atomic mass is 9.73. The van der Waals surface area contributed by atoms with E-state index in [9.17, 15) is 5.11 Å². The van der Waals surface area contributed by atoms with Crippen molar-refractivity contribution >= 4 is 5.69 Å². The summed E-state index contributed by atoms with van der Waals surface area (Å²) in [6.07, 6.45) is 6.15. The Morgan fingerprint density at radius 2 is 2.28 bits per heavy atom. The zero-order valence-electron chi connectivity index (χ0n) is 11.1. The molecule has 1 saturated carbocycles. The van der Waals surface area contributed by atoms with Gasteiger partial charge in [0.05, 0.1) is 18.0 Å². The summed E-state index contributed by atoms with van der Waals surface area (Å²) >= 11 is 0. The molecule has 0 amide bonds. The fourth-order valence-electron chi connectivity index (χ4n) is 3.05. The highest BCUT2D eigenvalue weighted by Crippen LogP contribution is 2.39. The second kappa shape index (κ2) is 5.67. The van der Waals surface area contributed by atoms with E-state index < -0.39 is 0 Å². The van der Waals surface area contributed by atoms with Crippen LogP contribution in [-0.2, 0) is 0 Å². The van der Waals surface area contributed by atoms with E-state index in [1.807, 2.05) is 19.4 Å². The Morgan fingerprint density at radius 3 is 2.94 bits per heavy atom. The first kappa shape index (κ1) is 13.3. The van der Waals surface area contributed by atoms with Gasteiger partial charge < -0.3 is 16.2 Å². The number of nitrogens with two attached hydrogens (primary N) is 1. The van der Waals surface area contributed by atoms with Crippen LogP contribution in [0.3, 0.4) is 0 Å². The number of nitrogens with one attached hydrogen (secondary N) is 1. The molecular weight excluding hydrogens is 226 g/mol. The van der Waals surface area contributed by atoms with Crippen molar-refractivity contribution in [2.75, 3.05) is 12.4 Å². The molecule has 0 spiro atoms. The van der Waals surface area contributed by atoms with E-state index >= 15 is 0 Å². The molecule has 1 aliphatic carbocycles. The Kier molecular flexibility index (Phi) is 4.19. The summed E-state index contributed by atoms with van der Waals surface area (Å²) in [6.45, 7) is 2.12. The van der Waals surface area contributed by atoms with E-state index in [0.29, 0.717) is 11.8 Å². The van der Waals surface area contributed by atoms with E-state index in [4.69, 9.17) is 5.73 Å². The molecule has 1 aromatic rings. The van der Waals surface area contributed by atoms with Crippen LogP contribution in [0.5, 0.6) is 0 Å². The highest BCUT2D eigenvalue weighted by Gasteiger charge is 2.35. The lowest BCUT2D eigenvalue weighted by Crippen LogP contribution is -2.45. The zero-order chi connectivity index (χ0) is 13.1. The van der Waals surface area contributed by atoms with Crippen LogP contribution in [-0.4, -0.2) is 29.3 Å². The monoisotopic (exact) mass is 249 g/mol. The number of hydrogen-bond donors (Lipinski definition) is 3. The maximum Gasteiger partial charge on any atom is 0.0719 e. The van der Waals surface area contributed by atoms with Crippen molar-refractivity contribution in [2.45, 2.75) is 44.2 Å². The number of pyridine rings is 1. The van der Waals surface area contributed by atoms with Crippen molar-refractivity contribution in [3.05, 3.63) is 24.0 Å². The topological polar surface area (TPSA) is 71.2 Å². The fraction of sp³-hybridized carbons (Fsp3) is 0.643. The lowest BCUT2D eigenvalue weighted by molar-refractivity contribution is 0.0416. The Labute approximate surface area is 109 Å². The molecule has 0 bridgehead atoms. The number of aliphatic hydroxyl groups is 1. The summed E-state index contributed by atoms with van der Waals surface area (Å²) in [5.74, 6) is 0.718. The second-order valence-electron chi connectivity index (χ2n) is 5.20. The molecular formula is C14H23N3O. The van der Waals surface area contributed by atoms with Crippen LogP contribution in [0, 0.1) is 5.92 Å². The van der Waals surface area contributed by atoms with Crippen LogP contribution in [0.4, 0.5) is 5.69 Å². The normalized spacial score (nSPS) is 32.2. The molecule has 1 aromatic heterocycles. The average Bonchev–Trinajstić information content (AvgIpc) is 2.41. The Balaban J connectivity index is 2.23. The first-order valence-electron chi connectivity index (χ1n) is 6.72. The molecule has 1 aliphatic rings. The van der Waals surface area contributed by atoms with Gasteiger partial charge in [-0.05, 0) is 36.3 Å². The summed E-state index contributed by atoms with van der Waals surface area (Å²) in [6, 6.07) is 1.94. The van der Waals surface area contributed by atoms with Crippen molar-refractivity contribution in [1.29, 1.82) is 0 Å². The van der Waals surface area contributed by atoms with Crippen molar-refractivity contribution < 1.29 is 5.11 Å². The number of aliphatic hydroxyl groups excluding tert-OH is 1. The van der Waals surface area contributed by atoms with Crippen LogP contribution in [0.15, 0.2) is 18.5 Å². The van der Waals surface area contributed by atoms with Gasteiger partial charge in [0.15, 0.2) is 0 Å². The first-order chi connectivity index (χ1) is 8.67. The number of rotatable bonds is 3. The summed E-state index contributed by atoms with van der Waals surface area (Å²) in [7, 11) is 1.91. The predicted molar refractivity (Wildman–Crippen MR) is 73.5 cm³/mol. The SMILES string of the molecule is CCC1CC(c2ccncc2NC)CC(N)C1O. The molecule has 100 valence electrons. The second-order valence-corrected chi connectivity index (χ2v) is 5.20. The number of aromatic nitrogens is 1. The molecule has 4 unspecified atom stereocenters. The molecule has 1 heterocycles. The third-order valence-electron chi connectivity index (χ3n) is 4.15. The molecule has 2 rings (SSSR count). The Morgan fingerprint density at radius 1 is 1.50 bits per heavy atom. The minimum absolute atomic E-state index is 0.119. The number of hydrogen-bond acceptors (Lipinski definition) is 4. The Hall–Kier alpha value is -1.13. The number of nitrogens with zero attached hydrogens (tertiary/aromatic N) is 1. The van der Waals surface area contributed by atoms with Crippen LogP contribution >= 0.6 is 0 Å². The van der Waals surface area contributed by atoms with Crippen molar-refractivity contribution in [3.63, 3.8) is 0 Å². The van der Waals surface area contributed by atoms with Gasteiger partial charge in [-0.3, -0.25) is 4.98 Å². The molecule has 18 heavy (non-hydrogen) atoms. The van der Waals surface area contributed by atoms with Gasteiger partial charge in [-0.25, -0.2) is 0 Å². The molecule has 0 saturated heterocycles. The summed E-state index contributed by atoms with van der Waals surface area (Å²) in [5.41, 5.74) is 8.42. The van der Waals surface area contributed by atoms with Gasteiger partial charge in [0.1, 0.15) is 0 Å². The Bertz CT molecular complexity index is 396. The molecule has 0 aliphatic heterocycles. The molecule has 4 nitrogen and oxygen atoms in total. The highest BCUT2D eigenvalue weighted by molar-refractivity contribution is 5.50. The summed E-state index contributed by atoms with van der Waals surface area (Å²) in [4.78, 5) is 4.14. The zero-order valence-corrected chi connectivity index (χ0v) is 11.1.